The van der Waals surface area contributed by atoms with Gasteiger partial charge in [0.2, 0.25) is 0 Å². The van der Waals surface area contributed by atoms with Gasteiger partial charge in [-0.25, -0.2) is 0 Å². The van der Waals surface area contributed by atoms with Crippen molar-refractivity contribution in [2.24, 2.45) is 0 Å². The van der Waals surface area contributed by atoms with Gasteiger partial charge in [0.15, 0.2) is 5.78 Å². The molecule has 0 saturated carbocycles. The van der Waals surface area contributed by atoms with Crippen molar-refractivity contribution < 1.29 is 22.7 Å². The fourth-order valence-electron chi connectivity index (χ4n) is 2.46. The van der Waals surface area contributed by atoms with Crippen LogP contribution in [0.4, 0.5) is 13.2 Å². The Kier molecular flexibility index (Phi) is 5.22. The lowest BCUT2D eigenvalue weighted by molar-refractivity contribution is -0.274. The highest BCUT2D eigenvalue weighted by atomic mass is 19.4. The topological polar surface area (TPSA) is 38.3 Å². The molecular formula is C15H18F3NO2. The zero-order valence-electron chi connectivity index (χ0n) is 11.6. The summed E-state index contributed by atoms with van der Waals surface area (Å²) in [5, 5.41) is 3.33. The van der Waals surface area contributed by atoms with Gasteiger partial charge in [0.1, 0.15) is 5.75 Å². The summed E-state index contributed by atoms with van der Waals surface area (Å²) in [4.78, 5) is 12.1. The number of ketones is 1. The van der Waals surface area contributed by atoms with Crippen molar-refractivity contribution in [2.45, 2.75) is 44.5 Å². The molecule has 1 aliphatic heterocycles. The maximum atomic E-state index is 12.1. The standard InChI is InChI=1S/C15H18F3NO2/c16-15(17,18)21-13-7-5-11(6-8-13)14(20)10-12-4-2-1-3-9-19-12/h5-8,12,19H,1-4,9-10H2. The Morgan fingerprint density at radius 3 is 2.57 bits per heavy atom. The van der Waals surface area contributed by atoms with E-state index in [-0.39, 0.29) is 17.6 Å². The van der Waals surface area contributed by atoms with Gasteiger partial charge >= 0.3 is 6.36 Å². The lowest BCUT2D eigenvalue weighted by atomic mass is 10.0. The molecule has 1 unspecified atom stereocenters. The van der Waals surface area contributed by atoms with Crippen LogP contribution in [-0.4, -0.2) is 24.7 Å². The Labute approximate surface area is 121 Å². The molecule has 0 bridgehead atoms. The van der Waals surface area contributed by atoms with E-state index in [1.165, 1.54) is 30.7 Å². The van der Waals surface area contributed by atoms with Gasteiger partial charge in [0, 0.05) is 18.0 Å². The van der Waals surface area contributed by atoms with Gasteiger partial charge in [-0.05, 0) is 43.7 Å². The Bertz CT molecular complexity index is 463. The monoisotopic (exact) mass is 301 g/mol. The minimum absolute atomic E-state index is 0.0621. The molecule has 1 aromatic rings. The van der Waals surface area contributed by atoms with Crippen molar-refractivity contribution >= 4 is 5.78 Å². The van der Waals surface area contributed by atoms with Crippen LogP contribution in [0.15, 0.2) is 24.3 Å². The second kappa shape index (κ2) is 6.93. The first-order valence-electron chi connectivity index (χ1n) is 7.06. The number of hydrogen-bond acceptors (Lipinski definition) is 3. The molecule has 3 nitrogen and oxygen atoms in total. The highest BCUT2D eigenvalue weighted by Crippen LogP contribution is 2.23. The number of nitrogens with one attached hydrogen (secondary N) is 1. The first-order chi connectivity index (χ1) is 9.94. The van der Waals surface area contributed by atoms with E-state index < -0.39 is 6.36 Å². The van der Waals surface area contributed by atoms with Crippen molar-refractivity contribution in [3.63, 3.8) is 0 Å². The van der Waals surface area contributed by atoms with Gasteiger partial charge in [-0.3, -0.25) is 4.79 Å². The molecule has 1 atom stereocenters. The van der Waals surface area contributed by atoms with Crippen molar-refractivity contribution in [2.75, 3.05) is 6.54 Å². The highest BCUT2D eigenvalue weighted by Gasteiger charge is 2.31. The summed E-state index contributed by atoms with van der Waals surface area (Å²) in [6, 6.07) is 5.24. The molecule has 1 aliphatic rings. The number of alkyl halides is 3. The third kappa shape index (κ3) is 5.38. The summed E-state index contributed by atoms with van der Waals surface area (Å²) in [6.45, 7) is 0.913. The molecule has 1 N–H and O–H groups in total. The predicted octanol–water partition coefficient (Wildman–Crippen LogP) is 3.69. The molecule has 2 rings (SSSR count). The SMILES string of the molecule is O=C(CC1CCCCCN1)c1ccc(OC(F)(F)F)cc1. The Balaban J connectivity index is 1.93. The van der Waals surface area contributed by atoms with E-state index in [2.05, 4.69) is 10.1 Å². The lowest BCUT2D eigenvalue weighted by Crippen LogP contribution is -2.30. The molecular weight excluding hydrogens is 283 g/mol. The number of carbonyl (C=O) groups excluding carboxylic acids is 1. The molecule has 1 heterocycles. The maximum Gasteiger partial charge on any atom is 0.573 e. The van der Waals surface area contributed by atoms with E-state index in [0.717, 1.165) is 25.8 Å². The number of ether oxygens (including phenoxy) is 1. The lowest BCUT2D eigenvalue weighted by Gasteiger charge is -2.15. The molecule has 0 spiro atoms. The third-order valence-electron chi connectivity index (χ3n) is 3.50. The zero-order chi connectivity index (χ0) is 15.3. The Hall–Kier alpha value is -1.56. The molecule has 0 aliphatic carbocycles. The van der Waals surface area contributed by atoms with Gasteiger partial charge in [-0.2, -0.15) is 0 Å². The molecule has 21 heavy (non-hydrogen) atoms. The van der Waals surface area contributed by atoms with Gasteiger partial charge < -0.3 is 10.1 Å². The maximum absolute atomic E-state index is 12.1. The first-order valence-corrected chi connectivity index (χ1v) is 7.06. The summed E-state index contributed by atoms with van der Waals surface area (Å²) in [5.41, 5.74) is 0.413. The van der Waals surface area contributed by atoms with Gasteiger partial charge in [-0.15, -0.1) is 13.2 Å². The summed E-state index contributed by atoms with van der Waals surface area (Å²) in [7, 11) is 0. The van der Waals surface area contributed by atoms with Crippen molar-refractivity contribution in [3.05, 3.63) is 29.8 Å². The van der Waals surface area contributed by atoms with Crippen LogP contribution in [0.3, 0.4) is 0 Å². The van der Waals surface area contributed by atoms with Crippen LogP contribution in [0.2, 0.25) is 0 Å². The van der Waals surface area contributed by atoms with Gasteiger partial charge in [0.05, 0.1) is 0 Å². The average molecular weight is 301 g/mol. The largest absolute Gasteiger partial charge is 0.573 e. The number of carbonyl (C=O) groups is 1. The van der Waals surface area contributed by atoms with Crippen LogP contribution >= 0.6 is 0 Å². The second-order valence-electron chi connectivity index (χ2n) is 5.20. The molecule has 116 valence electrons. The van der Waals surface area contributed by atoms with Crippen molar-refractivity contribution in [3.8, 4) is 5.75 Å². The van der Waals surface area contributed by atoms with Gasteiger partial charge in [0.25, 0.3) is 0 Å². The van der Waals surface area contributed by atoms with Gasteiger partial charge in [-0.1, -0.05) is 12.8 Å². The molecule has 1 fully saturated rings. The van der Waals surface area contributed by atoms with Crippen LogP contribution in [0.25, 0.3) is 0 Å². The first kappa shape index (κ1) is 15.8. The quantitative estimate of drug-likeness (QED) is 0.862. The second-order valence-corrected chi connectivity index (χ2v) is 5.20. The Morgan fingerprint density at radius 1 is 1.19 bits per heavy atom. The fraction of sp³-hybridized carbons (Fsp3) is 0.533. The highest BCUT2D eigenvalue weighted by molar-refractivity contribution is 5.96. The molecule has 1 saturated heterocycles. The zero-order valence-corrected chi connectivity index (χ0v) is 11.6. The van der Waals surface area contributed by atoms with Crippen molar-refractivity contribution in [1.29, 1.82) is 0 Å². The smallest absolute Gasteiger partial charge is 0.406 e. The number of Topliss-reactive ketones (excluding diaryl/α,β-unsaturated/α-hetero) is 1. The van der Waals surface area contributed by atoms with Crippen LogP contribution in [0.5, 0.6) is 5.75 Å². The van der Waals surface area contributed by atoms with Crippen LogP contribution in [0.1, 0.15) is 42.5 Å². The minimum Gasteiger partial charge on any atom is -0.406 e. The van der Waals surface area contributed by atoms with Crippen LogP contribution in [-0.2, 0) is 0 Å². The number of halogens is 3. The van der Waals surface area contributed by atoms with E-state index in [4.69, 9.17) is 0 Å². The summed E-state index contributed by atoms with van der Waals surface area (Å²) in [5.74, 6) is -0.375. The van der Waals surface area contributed by atoms with E-state index in [0.29, 0.717) is 12.0 Å². The van der Waals surface area contributed by atoms with Crippen LogP contribution in [0, 0.1) is 0 Å². The van der Waals surface area contributed by atoms with E-state index in [1.807, 2.05) is 0 Å². The summed E-state index contributed by atoms with van der Waals surface area (Å²) >= 11 is 0. The Morgan fingerprint density at radius 2 is 1.90 bits per heavy atom. The summed E-state index contributed by atoms with van der Waals surface area (Å²) < 4.78 is 39.9. The van der Waals surface area contributed by atoms with Crippen LogP contribution < -0.4 is 10.1 Å². The normalized spacial score (nSPS) is 19.9. The molecule has 0 amide bonds. The van der Waals surface area contributed by atoms with E-state index >= 15 is 0 Å². The number of rotatable bonds is 4. The van der Waals surface area contributed by atoms with Crippen molar-refractivity contribution in [1.82, 2.24) is 5.32 Å². The molecule has 0 aromatic heterocycles. The third-order valence-corrected chi connectivity index (χ3v) is 3.50. The summed E-state index contributed by atoms with van der Waals surface area (Å²) in [6.07, 6.45) is 0.00885. The average Bonchev–Trinajstić information content (AvgIpc) is 2.66. The number of hydrogen-bond donors (Lipinski definition) is 1. The minimum atomic E-state index is -4.71. The molecule has 0 radical (unpaired) electrons. The number of benzene rings is 1. The molecule has 1 aromatic carbocycles. The molecule has 6 heteroatoms. The van der Waals surface area contributed by atoms with E-state index in [1.54, 1.807) is 0 Å². The predicted molar refractivity (Wildman–Crippen MR) is 72.3 cm³/mol. The van der Waals surface area contributed by atoms with E-state index in [9.17, 15) is 18.0 Å². The fourth-order valence-corrected chi connectivity index (χ4v) is 2.46.